The van der Waals surface area contributed by atoms with Crippen LogP contribution in [0.3, 0.4) is 0 Å². The molecule has 0 atom stereocenters. The van der Waals surface area contributed by atoms with E-state index in [0.29, 0.717) is 40.0 Å². The summed E-state index contributed by atoms with van der Waals surface area (Å²) in [6.07, 6.45) is 1.71. The van der Waals surface area contributed by atoms with Gasteiger partial charge in [0.2, 0.25) is 5.91 Å². The molecule has 1 aromatic carbocycles. The molecule has 0 N–H and O–H groups in total. The normalized spacial score (nSPS) is 14.8. The number of thiazole rings is 1. The van der Waals surface area contributed by atoms with Gasteiger partial charge in [0, 0.05) is 24.4 Å². The molecular formula is C18H18N2O4S. The number of fused-ring (bicyclic) bond motifs is 1. The summed E-state index contributed by atoms with van der Waals surface area (Å²) < 4.78 is 10.8. The fraction of sp³-hybridized carbons (Fsp3) is 0.278. The SMILES string of the molecule is CCN(C(C)=O)c1nc(/C=C2\COc3ccc(OC)cc3C2=O)cs1. The second kappa shape index (κ2) is 7.06. The van der Waals surface area contributed by atoms with Crippen molar-refractivity contribution in [2.75, 3.05) is 25.2 Å². The van der Waals surface area contributed by atoms with Crippen LogP contribution in [0.5, 0.6) is 11.5 Å². The average Bonchev–Trinajstić information content (AvgIpc) is 3.05. The number of benzene rings is 1. The maximum absolute atomic E-state index is 12.7. The topological polar surface area (TPSA) is 68.7 Å². The van der Waals surface area contributed by atoms with E-state index in [1.165, 1.54) is 18.3 Å². The maximum atomic E-state index is 12.7. The summed E-state index contributed by atoms with van der Waals surface area (Å²) in [4.78, 5) is 30.3. The fourth-order valence-corrected chi connectivity index (χ4v) is 3.47. The van der Waals surface area contributed by atoms with Gasteiger partial charge < -0.3 is 9.47 Å². The largest absolute Gasteiger partial charge is 0.497 e. The van der Waals surface area contributed by atoms with Crippen LogP contribution in [0.15, 0.2) is 29.2 Å². The molecule has 0 fully saturated rings. The molecule has 7 heteroatoms. The Hall–Kier alpha value is -2.67. The molecule has 6 nitrogen and oxygen atoms in total. The van der Waals surface area contributed by atoms with Crippen LogP contribution in [0.4, 0.5) is 5.13 Å². The van der Waals surface area contributed by atoms with Crippen molar-refractivity contribution in [3.8, 4) is 11.5 Å². The van der Waals surface area contributed by atoms with Gasteiger partial charge in [-0.25, -0.2) is 4.98 Å². The summed E-state index contributed by atoms with van der Waals surface area (Å²) in [6, 6.07) is 5.16. The minimum Gasteiger partial charge on any atom is -0.497 e. The first-order valence-corrected chi connectivity index (χ1v) is 8.71. The summed E-state index contributed by atoms with van der Waals surface area (Å²) >= 11 is 1.37. The van der Waals surface area contributed by atoms with E-state index in [2.05, 4.69) is 4.98 Å². The number of carbonyl (C=O) groups excluding carboxylic acids is 2. The second-order valence-electron chi connectivity index (χ2n) is 5.47. The number of anilines is 1. The highest BCUT2D eigenvalue weighted by molar-refractivity contribution is 7.14. The number of hydrogen-bond donors (Lipinski definition) is 0. The van der Waals surface area contributed by atoms with Gasteiger partial charge in [0.25, 0.3) is 0 Å². The van der Waals surface area contributed by atoms with Crippen LogP contribution in [-0.4, -0.2) is 36.9 Å². The van der Waals surface area contributed by atoms with Gasteiger partial charge in [0.05, 0.1) is 18.4 Å². The van der Waals surface area contributed by atoms with E-state index in [1.807, 2.05) is 12.3 Å². The Morgan fingerprint density at radius 2 is 2.28 bits per heavy atom. The Morgan fingerprint density at radius 3 is 2.96 bits per heavy atom. The number of nitrogens with zero attached hydrogens (tertiary/aromatic N) is 2. The molecule has 0 unspecified atom stereocenters. The first-order valence-electron chi connectivity index (χ1n) is 7.83. The van der Waals surface area contributed by atoms with Crippen LogP contribution in [0.2, 0.25) is 0 Å². The van der Waals surface area contributed by atoms with Crippen molar-refractivity contribution in [2.45, 2.75) is 13.8 Å². The van der Waals surface area contributed by atoms with E-state index in [1.54, 1.807) is 36.3 Å². The monoisotopic (exact) mass is 358 g/mol. The lowest BCUT2D eigenvalue weighted by Gasteiger charge is -2.19. The van der Waals surface area contributed by atoms with E-state index >= 15 is 0 Å². The predicted molar refractivity (Wildman–Crippen MR) is 96.6 cm³/mol. The van der Waals surface area contributed by atoms with Crippen LogP contribution < -0.4 is 14.4 Å². The molecule has 1 amide bonds. The molecule has 1 aliphatic rings. The van der Waals surface area contributed by atoms with E-state index in [-0.39, 0.29) is 18.3 Å². The molecule has 0 radical (unpaired) electrons. The van der Waals surface area contributed by atoms with Gasteiger partial charge in [-0.05, 0) is 31.2 Å². The number of Topliss-reactive ketones (excluding diaryl/α,β-unsaturated/α-hetero) is 1. The van der Waals surface area contributed by atoms with E-state index < -0.39 is 0 Å². The summed E-state index contributed by atoms with van der Waals surface area (Å²) in [6.45, 7) is 4.14. The Kier molecular flexibility index (Phi) is 4.85. The summed E-state index contributed by atoms with van der Waals surface area (Å²) in [5.74, 6) is 0.992. The van der Waals surface area contributed by atoms with Crippen LogP contribution in [-0.2, 0) is 4.79 Å². The second-order valence-corrected chi connectivity index (χ2v) is 6.30. The minimum atomic E-state index is -0.103. The van der Waals surface area contributed by atoms with Crippen LogP contribution in [0.25, 0.3) is 6.08 Å². The molecule has 2 aromatic rings. The Balaban J connectivity index is 1.88. The molecule has 1 aliphatic heterocycles. The molecule has 0 saturated heterocycles. The van der Waals surface area contributed by atoms with Crippen molar-refractivity contribution in [2.24, 2.45) is 0 Å². The van der Waals surface area contributed by atoms with Crippen molar-refractivity contribution in [1.82, 2.24) is 4.98 Å². The lowest BCUT2D eigenvalue weighted by atomic mass is 9.99. The molecular weight excluding hydrogens is 340 g/mol. The van der Waals surface area contributed by atoms with E-state index in [0.717, 1.165) is 0 Å². The molecule has 0 bridgehead atoms. The first kappa shape index (κ1) is 17.2. The molecule has 25 heavy (non-hydrogen) atoms. The number of carbonyl (C=O) groups is 2. The maximum Gasteiger partial charge on any atom is 0.225 e. The molecule has 2 heterocycles. The van der Waals surface area contributed by atoms with Crippen molar-refractivity contribution >= 4 is 34.2 Å². The lowest BCUT2D eigenvalue weighted by Crippen LogP contribution is -2.27. The average molecular weight is 358 g/mol. The zero-order valence-electron chi connectivity index (χ0n) is 14.2. The first-order chi connectivity index (χ1) is 12.0. The number of rotatable bonds is 4. The third-order valence-corrected chi connectivity index (χ3v) is 4.75. The fourth-order valence-electron chi connectivity index (χ4n) is 2.58. The number of hydrogen-bond acceptors (Lipinski definition) is 6. The van der Waals surface area contributed by atoms with Crippen molar-refractivity contribution in [1.29, 1.82) is 0 Å². The van der Waals surface area contributed by atoms with E-state index in [4.69, 9.17) is 9.47 Å². The standard InChI is InChI=1S/C18H18N2O4S/c1-4-20(11(2)21)18-19-13(10-25-18)7-12-9-24-16-6-5-14(23-3)8-15(16)17(12)22/h5-8,10H,4,9H2,1-3H3/b12-7+. The number of ketones is 1. The Morgan fingerprint density at radius 1 is 1.48 bits per heavy atom. The molecule has 0 saturated carbocycles. The number of amides is 1. The zero-order chi connectivity index (χ0) is 18.0. The number of aromatic nitrogens is 1. The van der Waals surface area contributed by atoms with Gasteiger partial charge in [-0.2, -0.15) is 0 Å². The van der Waals surface area contributed by atoms with Crippen LogP contribution in [0.1, 0.15) is 29.9 Å². The van der Waals surface area contributed by atoms with Crippen molar-refractivity contribution in [3.05, 3.63) is 40.4 Å². The van der Waals surface area contributed by atoms with Crippen molar-refractivity contribution in [3.63, 3.8) is 0 Å². The van der Waals surface area contributed by atoms with Gasteiger partial charge in [0.15, 0.2) is 10.9 Å². The highest BCUT2D eigenvalue weighted by Crippen LogP contribution is 2.31. The lowest BCUT2D eigenvalue weighted by molar-refractivity contribution is -0.116. The van der Waals surface area contributed by atoms with Crippen molar-refractivity contribution < 1.29 is 19.1 Å². The van der Waals surface area contributed by atoms with Crippen LogP contribution in [0, 0.1) is 0 Å². The Labute approximate surface area is 149 Å². The number of ether oxygens (including phenoxy) is 2. The number of methoxy groups -OCH3 is 1. The zero-order valence-corrected chi connectivity index (χ0v) is 15.1. The highest BCUT2D eigenvalue weighted by atomic mass is 32.1. The van der Waals surface area contributed by atoms with Gasteiger partial charge in [0.1, 0.15) is 18.1 Å². The molecule has 130 valence electrons. The summed E-state index contributed by atoms with van der Waals surface area (Å²) in [5.41, 5.74) is 1.63. The minimum absolute atomic E-state index is 0.0610. The predicted octanol–water partition coefficient (Wildman–Crippen LogP) is 3.18. The molecule has 1 aromatic heterocycles. The van der Waals surface area contributed by atoms with Gasteiger partial charge in [-0.1, -0.05) is 0 Å². The molecule has 0 aliphatic carbocycles. The smallest absolute Gasteiger partial charge is 0.225 e. The molecule has 0 spiro atoms. The van der Waals surface area contributed by atoms with Gasteiger partial charge >= 0.3 is 0 Å². The van der Waals surface area contributed by atoms with Gasteiger partial charge in [-0.3, -0.25) is 14.5 Å². The molecule has 3 rings (SSSR count). The summed E-state index contributed by atoms with van der Waals surface area (Å²) in [7, 11) is 1.55. The van der Waals surface area contributed by atoms with E-state index in [9.17, 15) is 9.59 Å². The highest BCUT2D eigenvalue weighted by Gasteiger charge is 2.24. The quantitative estimate of drug-likeness (QED) is 0.785. The third-order valence-electron chi connectivity index (χ3n) is 3.87. The summed E-state index contributed by atoms with van der Waals surface area (Å²) in [5, 5.41) is 2.44. The van der Waals surface area contributed by atoms with Gasteiger partial charge in [-0.15, -0.1) is 11.3 Å². The third kappa shape index (κ3) is 3.41. The Bertz CT molecular complexity index is 857. The van der Waals surface area contributed by atoms with Crippen LogP contribution >= 0.6 is 11.3 Å².